The van der Waals surface area contributed by atoms with E-state index in [1.807, 2.05) is 12.1 Å². The van der Waals surface area contributed by atoms with E-state index in [0.717, 1.165) is 29.1 Å². The van der Waals surface area contributed by atoms with Crippen molar-refractivity contribution in [1.82, 2.24) is 19.7 Å². The number of benzene rings is 2. The molecule has 11 heteroatoms. The highest BCUT2D eigenvalue weighted by Crippen LogP contribution is 2.37. The Bertz CT molecular complexity index is 1610. The number of unbranched alkanes of at least 4 members (excludes halogenated alkanes) is 15. The Morgan fingerprint density at radius 1 is 0.776 bits per heavy atom. The minimum absolute atomic E-state index is 0.0835. The Balaban J connectivity index is 1.31. The molecule has 0 unspecified atom stereocenters. The zero-order valence-corrected chi connectivity index (χ0v) is 29.5. The summed E-state index contributed by atoms with van der Waals surface area (Å²) in [5.74, 6) is -2.11. The van der Waals surface area contributed by atoms with Gasteiger partial charge in [-0.15, -0.1) is 20.1 Å². The number of phenols is 1. The van der Waals surface area contributed by atoms with Crippen molar-refractivity contribution in [3.63, 3.8) is 0 Å². The van der Waals surface area contributed by atoms with Gasteiger partial charge in [-0.3, -0.25) is 14.6 Å². The van der Waals surface area contributed by atoms with Crippen molar-refractivity contribution < 1.29 is 24.9 Å². The van der Waals surface area contributed by atoms with Crippen LogP contribution in [0.4, 0.5) is 5.69 Å². The van der Waals surface area contributed by atoms with Crippen LogP contribution in [0.5, 0.6) is 17.5 Å². The molecule has 2 aromatic carbocycles. The summed E-state index contributed by atoms with van der Waals surface area (Å²) in [6.07, 6.45) is 20.7. The van der Waals surface area contributed by atoms with E-state index in [0.29, 0.717) is 28.6 Å². The van der Waals surface area contributed by atoms with Gasteiger partial charge in [0.2, 0.25) is 18.0 Å². The van der Waals surface area contributed by atoms with Crippen LogP contribution >= 0.6 is 0 Å². The van der Waals surface area contributed by atoms with E-state index in [1.165, 1.54) is 106 Å². The monoisotopic (exact) mass is 674 g/mol. The molecule has 4 rings (SSSR count). The molecule has 0 saturated heterocycles. The normalized spacial score (nSPS) is 11.3. The third-order valence-electron chi connectivity index (χ3n) is 9.14. The molecule has 0 spiro atoms. The molecule has 266 valence electrons. The number of carbonyl (C=O) groups excluding carboxylic acids is 2. The lowest BCUT2D eigenvalue weighted by atomic mass is 10.0. The molecule has 4 aromatic rings. The number of phenolic OH excluding ortho intramolecular Hbond substituents is 1. The van der Waals surface area contributed by atoms with Crippen molar-refractivity contribution in [3.05, 3.63) is 53.6 Å². The van der Waals surface area contributed by atoms with Crippen molar-refractivity contribution >= 4 is 28.9 Å². The summed E-state index contributed by atoms with van der Waals surface area (Å²) in [4.78, 5) is 26.1. The largest absolute Gasteiger partial charge is 0.504 e. The maximum atomic E-state index is 13.0. The molecule has 0 aliphatic rings. The highest BCUT2D eigenvalue weighted by Gasteiger charge is 2.30. The molecule has 0 fully saturated rings. The first kappa shape index (κ1) is 37.3. The number of fused-ring (bicyclic) bond motifs is 1. The van der Waals surface area contributed by atoms with E-state index in [1.54, 1.807) is 31.2 Å². The van der Waals surface area contributed by atoms with Crippen molar-refractivity contribution in [2.45, 2.75) is 123 Å². The Morgan fingerprint density at radius 2 is 1.29 bits per heavy atom. The van der Waals surface area contributed by atoms with Gasteiger partial charge in [-0.1, -0.05) is 115 Å². The van der Waals surface area contributed by atoms with Crippen molar-refractivity contribution in [2.24, 2.45) is 0 Å². The molecule has 0 radical (unpaired) electrons. The van der Waals surface area contributed by atoms with Crippen LogP contribution in [0.2, 0.25) is 0 Å². The first-order valence-electron chi connectivity index (χ1n) is 18.1. The van der Waals surface area contributed by atoms with Crippen LogP contribution in [-0.4, -0.2) is 54.2 Å². The van der Waals surface area contributed by atoms with Gasteiger partial charge in [0.1, 0.15) is 22.4 Å². The number of rotatable bonds is 22. The molecule has 11 nitrogen and oxygen atoms in total. The van der Waals surface area contributed by atoms with Crippen LogP contribution in [0.3, 0.4) is 0 Å². The number of aromatic nitrogens is 4. The lowest BCUT2D eigenvalue weighted by Crippen LogP contribution is -2.52. The summed E-state index contributed by atoms with van der Waals surface area (Å²) in [7, 11) is 1.45. The summed E-state index contributed by atoms with van der Waals surface area (Å²) < 4.78 is 0.875. The van der Waals surface area contributed by atoms with Gasteiger partial charge in [0.15, 0.2) is 5.75 Å². The van der Waals surface area contributed by atoms with Gasteiger partial charge in [0.25, 0.3) is 0 Å². The Labute approximate surface area is 290 Å². The van der Waals surface area contributed by atoms with Crippen LogP contribution in [0.25, 0.3) is 16.7 Å². The minimum Gasteiger partial charge on any atom is -0.504 e. The summed E-state index contributed by atoms with van der Waals surface area (Å²) in [5.41, 5.74) is 2.81. The number of anilines is 1. The fourth-order valence-corrected chi connectivity index (χ4v) is 6.40. The molecule has 2 aromatic heterocycles. The van der Waals surface area contributed by atoms with Gasteiger partial charge in [0.05, 0.1) is 0 Å². The number of hydrazine groups is 1. The van der Waals surface area contributed by atoms with E-state index in [-0.39, 0.29) is 29.3 Å². The Hall–Kier alpha value is -4.54. The second-order valence-electron chi connectivity index (χ2n) is 13.1. The lowest BCUT2D eigenvalue weighted by molar-refractivity contribution is -0.130. The molecule has 0 bridgehead atoms. The molecular weight excluding hydrogens is 620 g/mol. The Morgan fingerprint density at radius 3 is 1.80 bits per heavy atom. The SMILES string of the molecule is CCCCCCCCCCCCCCCCCCc1cc(O)n(N(C(=O)C=O)N(C)c2cc(C)cc(-n3nc4ccccc4n3)c2O)c1O. The van der Waals surface area contributed by atoms with Gasteiger partial charge >= 0.3 is 5.91 Å². The lowest BCUT2D eigenvalue weighted by Gasteiger charge is -2.33. The average molecular weight is 675 g/mol. The number of nitrogens with zero attached hydrogens (tertiary/aromatic N) is 6. The van der Waals surface area contributed by atoms with E-state index in [4.69, 9.17) is 0 Å². The highest BCUT2D eigenvalue weighted by molar-refractivity contribution is 6.29. The maximum Gasteiger partial charge on any atom is 0.325 e. The second-order valence-corrected chi connectivity index (χ2v) is 13.1. The van der Waals surface area contributed by atoms with E-state index in [2.05, 4.69) is 17.1 Å². The summed E-state index contributed by atoms with van der Waals surface area (Å²) in [6.45, 7) is 4.06. The number of amides is 1. The number of carbonyl (C=O) groups is 2. The second kappa shape index (κ2) is 18.9. The minimum atomic E-state index is -1.07. The fourth-order valence-electron chi connectivity index (χ4n) is 6.40. The summed E-state index contributed by atoms with van der Waals surface area (Å²) in [6, 6.07) is 12.0. The predicted octanol–water partition coefficient (Wildman–Crippen LogP) is 8.17. The molecule has 49 heavy (non-hydrogen) atoms. The predicted molar refractivity (Wildman–Crippen MR) is 194 cm³/mol. The van der Waals surface area contributed by atoms with Gasteiger partial charge in [-0.2, -0.15) is 4.68 Å². The molecule has 0 aliphatic heterocycles. The van der Waals surface area contributed by atoms with Gasteiger partial charge in [-0.05, 0) is 49.6 Å². The van der Waals surface area contributed by atoms with Crippen LogP contribution in [0, 0.1) is 6.92 Å². The number of hydrogen-bond acceptors (Lipinski definition) is 8. The zero-order valence-electron chi connectivity index (χ0n) is 29.5. The molecule has 2 heterocycles. The third-order valence-corrected chi connectivity index (χ3v) is 9.14. The first-order chi connectivity index (χ1) is 23.8. The maximum absolute atomic E-state index is 13.0. The van der Waals surface area contributed by atoms with Crippen molar-refractivity contribution in [2.75, 3.05) is 17.2 Å². The first-order valence-corrected chi connectivity index (χ1v) is 18.1. The number of aldehydes is 1. The van der Waals surface area contributed by atoms with Crippen molar-refractivity contribution in [3.8, 4) is 23.2 Å². The average Bonchev–Trinajstić information content (AvgIpc) is 3.65. The quantitative estimate of drug-likeness (QED) is 0.0329. The highest BCUT2D eigenvalue weighted by atomic mass is 16.3. The van der Waals surface area contributed by atoms with Gasteiger partial charge in [-0.25, -0.2) is 0 Å². The van der Waals surface area contributed by atoms with Crippen LogP contribution in [0.1, 0.15) is 121 Å². The topological polar surface area (TPSA) is 137 Å². The van der Waals surface area contributed by atoms with Gasteiger partial charge in [0, 0.05) is 18.7 Å². The van der Waals surface area contributed by atoms with Crippen molar-refractivity contribution in [1.29, 1.82) is 0 Å². The smallest absolute Gasteiger partial charge is 0.325 e. The Kier molecular flexibility index (Phi) is 14.3. The molecule has 0 saturated carbocycles. The van der Waals surface area contributed by atoms with Crippen LogP contribution < -0.4 is 10.1 Å². The molecule has 0 atom stereocenters. The van der Waals surface area contributed by atoms with Gasteiger partial charge < -0.3 is 15.3 Å². The fraction of sp³-hybridized carbons (Fsp3) is 0.526. The number of aryl methyl sites for hydroxylation is 2. The van der Waals surface area contributed by atoms with E-state index in [9.17, 15) is 24.9 Å². The number of aromatic hydroxyl groups is 3. The standard InChI is InChI=1S/C38H54N6O5/c1-4-5-6-7-8-9-10-11-12-13-14-15-16-17-18-19-22-30-27-35(46)42(38(30)49)44(36(47)28-45)41(3)33-25-29(2)26-34(37(33)48)43-39-31-23-20-21-24-32(31)40-43/h20-21,23-28,46,48-49H,4-19,22H2,1-3H3. The summed E-state index contributed by atoms with van der Waals surface area (Å²) in [5, 5.41) is 44.3. The van der Waals surface area contributed by atoms with E-state index < -0.39 is 11.8 Å². The number of hydrogen-bond donors (Lipinski definition) is 3. The van der Waals surface area contributed by atoms with Crippen LogP contribution in [-0.2, 0) is 16.0 Å². The third kappa shape index (κ3) is 9.99. The molecular formula is C38H54N6O5. The summed E-state index contributed by atoms with van der Waals surface area (Å²) >= 11 is 0. The van der Waals surface area contributed by atoms with Crippen LogP contribution in [0.15, 0.2) is 42.5 Å². The molecule has 1 amide bonds. The molecule has 0 aliphatic carbocycles. The molecule has 3 N–H and O–H groups in total. The zero-order chi connectivity index (χ0) is 35.2. The van der Waals surface area contributed by atoms with E-state index >= 15 is 0 Å².